The van der Waals surface area contributed by atoms with Crippen molar-refractivity contribution in [1.29, 1.82) is 0 Å². The molecule has 0 radical (unpaired) electrons. The Morgan fingerprint density at radius 2 is 1.93 bits per heavy atom. The zero-order chi connectivity index (χ0) is 19.2. The Morgan fingerprint density at radius 3 is 2.63 bits per heavy atom. The summed E-state index contributed by atoms with van der Waals surface area (Å²) in [6, 6.07) is 15.3. The number of thioether (sulfide) groups is 1. The van der Waals surface area contributed by atoms with Gasteiger partial charge in [-0.2, -0.15) is 5.10 Å². The number of amides is 1. The molecule has 0 N–H and O–H groups in total. The van der Waals surface area contributed by atoms with Gasteiger partial charge in [-0.1, -0.05) is 42.1 Å². The highest BCUT2D eigenvalue weighted by molar-refractivity contribution is 8.15. The summed E-state index contributed by atoms with van der Waals surface area (Å²) >= 11 is 1.41. The molecule has 0 spiro atoms. The lowest BCUT2D eigenvalue weighted by Gasteiger charge is -2.15. The molecule has 1 atom stereocenters. The van der Waals surface area contributed by atoms with E-state index in [-0.39, 0.29) is 11.2 Å². The van der Waals surface area contributed by atoms with Crippen LogP contribution in [0.5, 0.6) is 11.5 Å². The normalized spacial score (nSPS) is 18.5. The number of hydrogen-bond acceptors (Lipinski definition) is 6. The summed E-state index contributed by atoms with van der Waals surface area (Å²) < 4.78 is 10.5. The van der Waals surface area contributed by atoms with Crippen molar-refractivity contribution in [2.75, 3.05) is 14.2 Å². The highest BCUT2D eigenvalue weighted by atomic mass is 32.2. The average molecular weight is 383 g/mol. The fraction of sp³-hybridized carbons (Fsp3) is 0.250. The Hall–Kier alpha value is -2.80. The van der Waals surface area contributed by atoms with Crippen molar-refractivity contribution < 1.29 is 14.3 Å². The number of rotatable bonds is 6. The summed E-state index contributed by atoms with van der Waals surface area (Å²) in [5.74, 6) is 1.39. The summed E-state index contributed by atoms with van der Waals surface area (Å²) in [6.07, 6.45) is 1.61. The molecule has 3 rings (SSSR count). The predicted octanol–water partition coefficient (Wildman–Crippen LogP) is 3.56. The lowest BCUT2D eigenvalue weighted by Crippen LogP contribution is -2.30. The third kappa shape index (κ3) is 4.49. The van der Waals surface area contributed by atoms with Gasteiger partial charge >= 0.3 is 0 Å². The minimum atomic E-state index is -0.168. The lowest BCUT2D eigenvalue weighted by molar-refractivity contribution is -0.126. The number of methoxy groups -OCH3 is 2. The number of nitrogens with zero attached hydrogens (tertiary/aromatic N) is 3. The maximum atomic E-state index is 12.5. The van der Waals surface area contributed by atoms with Gasteiger partial charge in [-0.05, 0) is 24.6 Å². The first kappa shape index (κ1) is 19.0. The number of ether oxygens (including phenoxy) is 2. The van der Waals surface area contributed by atoms with E-state index in [0.717, 1.165) is 11.1 Å². The molecule has 1 amide bonds. The molecule has 1 saturated heterocycles. The van der Waals surface area contributed by atoms with Crippen LogP contribution in [0.4, 0.5) is 0 Å². The molecule has 0 aliphatic carbocycles. The summed E-state index contributed by atoms with van der Waals surface area (Å²) in [5, 5.41) is 8.89. The average Bonchev–Trinajstić information content (AvgIpc) is 2.96. The van der Waals surface area contributed by atoms with Gasteiger partial charge in [0.2, 0.25) is 5.91 Å². The van der Waals surface area contributed by atoms with E-state index in [0.29, 0.717) is 23.2 Å². The number of carbonyl (C=O) groups is 1. The molecule has 27 heavy (non-hydrogen) atoms. The van der Waals surface area contributed by atoms with Crippen molar-refractivity contribution in [3.05, 3.63) is 59.7 Å². The van der Waals surface area contributed by atoms with E-state index in [9.17, 15) is 4.79 Å². The van der Waals surface area contributed by atoms with Crippen LogP contribution < -0.4 is 9.47 Å². The van der Waals surface area contributed by atoms with Crippen LogP contribution in [-0.4, -0.2) is 41.7 Å². The Balaban J connectivity index is 1.80. The Labute approximate surface area is 162 Å². The maximum absolute atomic E-state index is 12.5. The quantitative estimate of drug-likeness (QED) is 0.565. The molecule has 6 nitrogen and oxygen atoms in total. The molecule has 140 valence electrons. The molecule has 1 aliphatic rings. The van der Waals surface area contributed by atoms with Gasteiger partial charge in [0.15, 0.2) is 5.17 Å². The van der Waals surface area contributed by atoms with E-state index in [4.69, 9.17) is 9.47 Å². The van der Waals surface area contributed by atoms with Crippen LogP contribution in [0.2, 0.25) is 0 Å². The number of benzene rings is 2. The van der Waals surface area contributed by atoms with Crippen LogP contribution in [0, 0.1) is 0 Å². The molecule has 1 fully saturated rings. The van der Waals surface area contributed by atoms with Crippen LogP contribution in [0.25, 0.3) is 0 Å². The third-order valence-corrected chi connectivity index (χ3v) is 5.16. The maximum Gasteiger partial charge on any atom is 0.242 e. The first-order valence-electron chi connectivity index (χ1n) is 8.47. The summed E-state index contributed by atoms with van der Waals surface area (Å²) in [6.45, 7) is 2.36. The van der Waals surface area contributed by atoms with Crippen LogP contribution in [0.1, 0.15) is 18.1 Å². The monoisotopic (exact) mass is 383 g/mol. The summed E-state index contributed by atoms with van der Waals surface area (Å²) in [5.41, 5.74) is 1.83. The van der Waals surface area contributed by atoms with Crippen LogP contribution in [0.3, 0.4) is 0 Å². The SMILES string of the molecule is COc1ccc(/C=N\N=C2\S[C@H](C)C(=O)N2Cc2ccccc2)c(OC)c1. The molecule has 2 aromatic rings. The largest absolute Gasteiger partial charge is 0.497 e. The van der Waals surface area contributed by atoms with Gasteiger partial charge < -0.3 is 9.47 Å². The van der Waals surface area contributed by atoms with Gasteiger partial charge in [-0.3, -0.25) is 9.69 Å². The van der Waals surface area contributed by atoms with Gasteiger partial charge in [0, 0.05) is 11.6 Å². The van der Waals surface area contributed by atoms with Gasteiger partial charge in [-0.15, -0.1) is 5.10 Å². The number of amidine groups is 1. The van der Waals surface area contributed by atoms with Crippen molar-refractivity contribution in [2.45, 2.75) is 18.7 Å². The first-order valence-corrected chi connectivity index (χ1v) is 9.35. The van der Waals surface area contributed by atoms with Gasteiger partial charge in [-0.25, -0.2) is 0 Å². The smallest absolute Gasteiger partial charge is 0.242 e. The first-order chi connectivity index (χ1) is 13.1. The van der Waals surface area contributed by atoms with Gasteiger partial charge in [0.1, 0.15) is 11.5 Å². The molecule has 7 heteroatoms. The summed E-state index contributed by atoms with van der Waals surface area (Å²) in [7, 11) is 3.19. The number of carbonyl (C=O) groups excluding carboxylic acids is 1. The number of hydrogen-bond donors (Lipinski definition) is 0. The standard InChI is InChI=1S/C20H21N3O3S/c1-14-19(24)23(13-15-7-5-4-6-8-15)20(27-14)22-21-12-16-9-10-17(25-2)11-18(16)26-3/h4-12,14H,13H2,1-3H3/b21-12-,22-20+/t14-/m1/s1. The fourth-order valence-electron chi connectivity index (χ4n) is 2.64. The topological polar surface area (TPSA) is 63.5 Å². The minimum absolute atomic E-state index is 0.0415. The van der Waals surface area contributed by atoms with Crippen LogP contribution in [-0.2, 0) is 11.3 Å². The predicted molar refractivity (Wildman–Crippen MR) is 109 cm³/mol. The van der Waals surface area contributed by atoms with E-state index in [1.165, 1.54) is 11.8 Å². The molecule has 0 aromatic heterocycles. The fourth-order valence-corrected chi connectivity index (χ4v) is 3.56. The minimum Gasteiger partial charge on any atom is -0.497 e. The molecule has 1 aliphatic heterocycles. The second-order valence-electron chi connectivity index (χ2n) is 5.91. The van der Waals surface area contributed by atoms with Crippen molar-refractivity contribution in [3.8, 4) is 11.5 Å². The van der Waals surface area contributed by atoms with Crippen molar-refractivity contribution in [1.82, 2.24) is 4.90 Å². The molecular formula is C20H21N3O3S. The third-order valence-electron chi connectivity index (χ3n) is 4.09. The lowest BCUT2D eigenvalue weighted by atomic mass is 10.2. The van der Waals surface area contributed by atoms with E-state index < -0.39 is 0 Å². The highest BCUT2D eigenvalue weighted by Gasteiger charge is 2.35. The van der Waals surface area contributed by atoms with E-state index in [1.54, 1.807) is 31.4 Å². The van der Waals surface area contributed by atoms with Crippen LogP contribution >= 0.6 is 11.8 Å². The second kappa shape index (κ2) is 8.73. The summed E-state index contributed by atoms with van der Waals surface area (Å²) in [4.78, 5) is 14.1. The molecule has 0 saturated carbocycles. The molecular weight excluding hydrogens is 362 g/mol. The second-order valence-corrected chi connectivity index (χ2v) is 7.21. The van der Waals surface area contributed by atoms with Crippen molar-refractivity contribution in [3.63, 3.8) is 0 Å². The molecule has 1 heterocycles. The van der Waals surface area contributed by atoms with E-state index in [1.807, 2.05) is 49.4 Å². The van der Waals surface area contributed by atoms with Crippen molar-refractivity contribution in [2.24, 2.45) is 10.2 Å². The Kier molecular flexibility index (Phi) is 6.13. The zero-order valence-corrected chi connectivity index (χ0v) is 16.3. The highest BCUT2D eigenvalue weighted by Crippen LogP contribution is 2.28. The molecule has 0 bridgehead atoms. The van der Waals surface area contributed by atoms with Crippen LogP contribution in [0.15, 0.2) is 58.7 Å². The Bertz CT molecular complexity index is 868. The Morgan fingerprint density at radius 1 is 1.15 bits per heavy atom. The zero-order valence-electron chi connectivity index (χ0n) is 15.5. The molecule has 2 aromatic carbocycles. The van der Waals surface area contributed by atoms with Crippen molar-refractivity contribution >= 4 is 29.1 Å². The van der Waals surface area contributed by atoms with E-state index >= 15 is 0 Å². The van der Waals surface area contributed by atoms with Gasteiger partial charge in [0.25, 0.3) is 0 Å². The molecule has 0 unspecified atom stereocenters. The van der Waals surface area contributed by atoms with E-state index in [2.05, 4.69) is 10.2 Å². The van der Waals surface area contributed by atoms with Gasteiger partial charge in [0.05, 0.1) is 32.2 Å².